The van der Waals surface area contributed by atoms with Crippen LogP contribution in [-0.2, 0) is 0 Å². The number of aliphatic hydroxyl groups is 2. The lowest BCUT2D eigenvalue weighted by atomic mass is 9.92. The van der Waals surface area contributed by atoms with Gasteiger partial charge in [-0.25, -0.2) is 0 Å². The van der Waals surface area contributed by atoms with E-state index >= 15 is 0 Å². The fraction of sp³-hybridized carbons (Fsp3) is 0.750. The van der Waals surface area contributed by atoms with E-state index in [1.807, 2.05) is 0 Å². The van der Waals surface area contributed by atoms with Gasteiger partial charge in [0.1, 0.15) is 5.60 Å². The zero-order chi connectivity index (χ0) is 7.78. The molecule has 2 N–H and O–H groups in total. The van der Waals surface area contributed by atoms with Gasteiger partial charge in [-0.1, -0.05) is 6.58 Å². The molecule has 58 valence electrons. The van der Waals surface area contributed by atoms with Crippen molar-refractivity contribution in [2.45, 2.75) is 37.9 Å². The van der Waals surface area contributed by atoms with Crippen molar-refractivity contribution in [1.82, 2.24) is 0 Å². The van der Waals surface area contributed by atoms with Crippen LogP contribution in [0.25, 0.3) is 0 Å². The molecule has 10 heavy (non-hydrogen) atoms. The highest BCUT2D eigenvalue weighted by atomic mass is 16.3. The van der Waals surface area contributed by atoms with Crippen LogP contribution in [0.5, 0.6) is 0 Å². The van der Waals surface area contributed by atoms with E-state index in [-0.39, 0.29) is 0 Å². The molecule has 1 aliphatic carbocycles. The quantitative estimate of drug-likeness (QED) is 0.532. The van der Waals surface area contributed by atoms with Crippen molar-refractivity contribution < 1.29 is 10.2 Å². The molecule has 0 amide bonds. The van der Waals surface area contributed by atoms with Crippen molar-refractivity contribution in [3.8, 4) is 0 Å². The first-order chi connectivity index (χ1) is 4.57. The summed E-state index contributed by atoms with van der Waals surface area (Å²) in [5.41, 5.74) is -0.308. The molecule has 0 aromatic heterocycles. The van der Waals surface area contributed by atoms with Crippen LogP contribution < -0.4 is 0 Å². The predicted molar refractivity (Wildman–Crippen MR) is 39.6 cm³/mol. The Kier molecular flexibility index (Phi) is 1.84. The number of hydrogen-bond donors (Lipinski definition) is 2. The van der Waals surface area contributed by atoms with Crippen LogP contribution in [0.1, 0.15) is 26.2 Å². The van der Waals surface area contributed by atoms with E-state index in [2.05, 4.69) is 6.58 Å². The number of hydrogen-bond acceptors (Lipinski definition) is 2. The van der Waals surface area contributed by atoms with Crippen LogP contribution in [0.3, 0.4) is 0 Å². The van der Waals surface area contributed by atoms with Crippen molar-refractivity contribution in [3.63, 3.8) is 0 Å². The minimum atomic E-state index is -0.986. The number of rotatable bonds is 1. The van der Waals surface area contributed by atoms with Gasteiger partial charge in [-0.2, -0.15) is 0 Å². The summed E-state index contributed by atoms with van der Waals surface area (Å²) in [4.78, 5) is 0. The molecule has 0 radical (unpaired) electrons. The lowest BCUT2D eigenvalue weighted by Gasteiger charge is -2.26. The molecule has 1 fully saturated rings. The minimum absolute atomic E-state index is 0.593. The molecule has 1 aliphatic rings. The van der Waals surface area contributed by atoms with Gasteiger partial charge in [0.2, 0.25) is 0 Å². The largest absolute Gasteiger partial charge is 0.390 e. The Morgan fingerprint density at radius 3 is 2.50 bits per heavy atom. The molecule has 0 aromatic rings. The topological polar surface area (TPSA) is 40.5 Å². The van der Waals surface area contributed by atoms with Gasteiger partial charge in [0.15, 0.2) is 0 Å². The van der Waals surface area contributed by atoms with Crippen LogP contribution in [0, 0.1) is 0 Å². The van der Waals surface area contributed by atoms with Gasteiger partial charge < -0.3 is 10.2 Å². The van der Waals surface area contributed by atoms with Gasteiger partial charge in [-0.3, -0.25) is 0 Å². The Hall–Kier alpha value is -0.340. The molecule has 0 aromatic carbocycles. The summed E-state index contributed by atoms with van der Waals surface area (Å²) in [6.45, 7) is 5.41. The third-order valence-electron chi connectivity index (χ3n) is 2.33. The van der Waals surface area contributed by atoms with E-state index in [4.69, 9.17) is 0 Å². The average molecular weight is 142 g/mol. The number of aliphatic hydroxyl groups excluding tert-OH is 1. The first-order valence-electron chi connectivity index (χ1n) is 3.64. The van der Waals surface area contributed by atoms with Gasteiger partial charge >= 0.3 is 0 Å². The second kappa shape index (κ2) is 2.36. The van der Waals surface area contributed by atoms with E-state index < -0.39 is 11.7 Å². The van der Waals surface area contributed by atoms with Crippen molar-refractivity contribution in [3.05, 3.63) is 12.2 Å². The van der Waals surface area contributed by atoms with E-state index in [0.29, 0.717) is 18.4 Å². The fourth-order valence-electron chi connectivity index (χ4n) is 1.47. The predicted octanol–water partition coefficient (Wildman–Crippen LogP) is 0.838. The van der Waals surface area contributed by atoms with Gasteiger partial charge in [-0.15, -0.1) is 0 Å². The van der Waals surface area contributed by atoms with Gasteiger partial charge in [0.05, 0.1) is 6.10 Å². The first kappa shape index (κ1) is 7.76. The van der Waals surface area contributed by atoms with Gasteiger partial charge in [-0.05, 0) is 31.8 Å². The summed E-state index contributed by atoms with van der Waals surface area (Å²) in [6.07, 6.45) is 1.65. The molecule has 0 saturated heterocycles. The van der Waals surface area contributed by atoms with Crippen LogP contribution in [0.15, 0.2) is 12.2 Å². The van der Waals surface area contributed by atoms with Crippen LogP contribution in [0.4, 0.5) is 0 Å². The zero-order valence-corrected chi connectivity index (χ0v) is 6.30. The lowest BCUT2D eigenvalue weighted by molar-refractivity contribution is -0.0240. The summed E-state index contributed by atoms with van der Waals surface area (Å²) in [7, 11) is 0. The zero-order valence-electron chi connectivity index (χ0n) is 6.30. The molecule has 1 saturated carbocycles. The van der Waals surface area contributed by atoms with Gasteiger partial charge in [0, 0.05) is 0 Å². The average Bonchev–Trinajstić information content (AvgIpc) is 2.15. The molecular weight excluding hydrogens is 128 g/mol. The Labute approximate surface area is 61.2 Å². The first-order valence-corrected chi connectivity index (χ1v) is 3.64. The standard InChI is InChI=1S/C8H14O2/c1-6(2)8(10)5-3-4-7(8)9/h7,9-10H,1,3-5H2,2H3/t7-,8+/m1/s1. The van der Waals surface area contributed by atoms with E-state index in [9.17, 15) is 10.2 Å². The molecule has 0 aliphatic heterocycles. The van der Waals surface area contributed by atoms with E-state index in [0.717, 1.165) is 6.42 Å². The normalized spacial score (nSPS) is 40.1. The Bertz CT molecular complexity index is 153. The SMILES string of the molecule is C=C(C)[C@@]1(O)CCC[C@H]1O. The minimum Gasteiger partial charge on any atom is -0.390 e. The van der Waals surface area contributed by atoms with Crippen molar-refractivity contribution in [2.24, 2.45) is 0 Å². The van der Waals surface area contributed by atoms with E-state index in [1.165, 1.54) is 0 Å². The molecule has 0 heterocycles. The molecule has 0 spiro atoms. The maximum Gasteiger partial charge on any atom is 0.111 e. The van der Waals surface area contributed by atoms with Crippen molar-refractivity contribution in [1.29, 1.82) is 0 Å². The molecule has 0 unspecified atom stereocenters. The summed E-state index contributed by atoms with van der Waals surface area (Å²) in [5, 5.41) is 19.0. The van der Waals surface area contributed by atoms with Crippen molar-refractivity contribution >= 4 is 0 Å². The summed E-state index contributed by atoms with van der Waals surface area (Å²) in [6, 6.07) is 0. The second-order valence-electron chi connectivity index (χ2n) is 3.11. The Morgan fingerprint density at radius 2 is 2.30 bits per heavy atom. The summed E-state index contributed by atoms with van der Waals surface area (Å²) < 4.78 is 0. The Morgan fingerprint density at radius 1 is 1.70 bits per heavy atom. The highest BCUT2D eigenvalue weighted by Crippen LogP contribution is 2.34. The smallest absolute Gasteiger partial charge is 0.111 e. The third-order valence-corrected chi connectivity index (χ3v) is 2.33. The Balaban J connectivity index is 2.75. The molecule has 0 bridgehead atoms. The monoisotopic (exact) mass is 142 g/mol. The highest BCUT2D eigenvalue weighted by molar-refractivity contribution is 5.15. The third kappa shape index (κ3) is 0.976. The molecule has 1 rings (SSSR count). The van der Waals surface area contributed by atoms with Crippen LogP contribution in [0.2, 0.25) is 0 Å². The molecular formula is C8H14O2. The molecule has 2 heteroatoms. The summed E-state index contributed by atoms with van der Waals surface area (Å²) in [5.74, 6) is 0. The molecule has 2 atom stereocenters. The fourth-order valence-corrected chi connectivity index (χ4v) is 1.47. The van der Waals surface area contributed by atoms with E-state index in [1.54, 1.807) is 6.92 Å². The maximum atomic E-state index is 9.69. The van der Waals surface area contributed by atoms with Crippen LogP contribution in [-0.4, -0.2) is 21.9 Å². The van der Waals surface area contributed by atoms with Crippen LogP contribution >= 0.6 is 0 Å². The highest BCUT2D eigenvalue weighted by Gasteiger charge is 2.40. The summed E-state index contributed by atoms with van der Waals surface area (Å²) >= 11 is 0. The maximum absolute atomic E-state index is 9.69. The lowest BCUT2D eigenvalue weighted by Crippen LogP contribution is -2.37. The molecule has 2 nitrogen and oxygen atoms in total. The van der Waals surface area contributed by atoms with Crippen molar-refractivity contribution in [2.75, 3.05) is 0 Å². The second-order valence-corrected chi connectivity index (χ2v) is 3.11. The van der Waals surface area contributed by atoms with Gasteiger partial charge in [0.25, 0.3) is 0 Å².